The molecule has 0 unspecified atom stereocenters. The first kappa shape index (κ1) is 29.0. The van der Waals surface area contributed by atoms with E-state index >= 15 is 0 Å². The number of hydrogen-bond acceptors (Lipinski definition) is 10. The van der Waals surface area contributed by atoms with Crippen molar-refractivity contribution in [3.05, 3.63) is 104 Å². The lowest BCUT2D eigenvalue weighted by Crippen LogP contribution is -2.36. The monoisotopic (exact) mass is 585 g/mol. The Hall–Kier alpha value is -4.51. The number of nitrogens with two attached hydrogens (primary N) is 2. The van der Waals surface area contributed by atoms with Gasteiger partial charge in [0.25, 0.3) is 0 Å². The SMILES string of the molecule is CCc1cc2c(=O)c(-c3nc(C)cs3)c([C@H](N)Cc3ccc(O)cc3)oc2cc1OC(=O)[C@H](N)Cc1ccc(O)cc1. The van der Waals surface area contributed by atoms with Gasteiger partial charge in [0.15, 0.2) is 0 Å². The molecule has 0 aliphatic rings. The van der Waals surface area contributed by atoms with Crippen molar-refractivity contribution in [2.24, 2.45) is 11.5 Å². The van der Waals surface area contributed by atoms with Gasteiger partial charge >= 0.3 is 5.97 Å². The van der Waals surface area contributed by atoms with Crippen molar-refractivity contribution < 1.29 is 24.2 Å². The predicted octanol–water partition coefficient (Wildman–Crippen LogP) is 4.92. The van der Waals surface area contributed by atoms with Crippen LogP contribution >= 0.6 is 11.3 Å². The Kier molecular flexibility index (Phi) is 8.39. The van der Waals surface area contributed by atoms with Gasteiger partial charge in [0.05, 0.1) is 17.0 Å². The second kappa shape index (κ2) is 12.2. The molecule has 2 aromatic heterocycles. The minimum absolute atomic E-state index is 0.121. The van der Waals surface area contributed by atoms with E-state index in [9.17, 15) is 19.8 Å². The number of thiazole rings is 1. The molecule has 0 saturated heterocycles. The summed E-state index contributed by atoms with van der Waals surface area (Å²) in [5.41, 5.74) is 16.1. The smallest absolute Gasteiger partial charge is 0.328 e. The molecule has 216 valence electrons. The molecule has 0 aliphatic heterocycles. The van der Waals surface area contributed by atoms with Crippen LogP contribution in [0.15, 0.2) is 75.3 Å². The molecule has 9 nitrogen and oxygen atoms in total. The van der Waals surface area contributed by atoms with Crippen LogP contribution in [0.2, 0.25) is 0 Å². The first-order valence-corrected chi connectivity index (χ1v) is 14.4. The summed E-state index contributed by atoms with van der Waals surface area (Å²) in [4.78, 5) is 31.5. The average Bonchev–Trinajstić information content (AvgIpc) is 3.40. The summed E-state index contributed by atoms with van der Waals surface area (Å²) in [6, 6.07) is 14.6. The molecular formula is C32H31N3O6S. The van der Waals surface area contributed by atoms with Crippen molar-refractivity contribution >= 4 is 28.3 Å². The van der Waals surface area contributed by atoms with Crippen molar-refractivity contribution in [1.82, 2.24) is 4.98 Å². The van der Waals surface area contributed by atoms with Crippen LogP contribution < -0.4 is 21.6 Å². The number of aromatic nitrogens is 1. The molecule has 0 aliphatic carbocycles. The highest BCUT2D eigenvalue weighted by Gasteiger charge is 2.26. The maximum Gasteiger partial charge on any atom is 0.328 e. The van der Waals surface area contributed by atoms with E-state index in [1.807, 2.05) is 19.2 Å². The van der Waals surface area contributed by atoms with Gasteiger partial charge < -0.3 is 30.8 Å². The van der Waals surface area contributed by atoms with E-state index < -0.39 is 18.1 Å². The molecule has 2 atom stereocenters. The Balaban J connectivity index is 1.54. The number of carbonyl (C=O) groups excluding carboxylic acids is 1. The fourth-order valence-electron chi connectivity index (χ4n) is 4.72. The first-order valence-electron chi connectivity index (χ1n) is 13.5. The molecule has 3 aromatic carbocycles. The zero-order chi connectivity index (χ0) is 30.0. The molecule has 42 heavy (non-hydrogen) atoms. The number of benzene rings is 3. The Morgan fingerprint density at radius 3 is 2.19 bits per heavy atom. The zero-order valence-electron chi connectivity index (χ0n) is 23.2. The Morgan fingerprint density at radius 2 is 1.62 bits per heavy atom. The number of rotatable bonds is 9. The van der Waals surface area contributed by atoms with Gasteiger partial charge in [0.1, 0.15) is 39.6 Å². The molecule has 0 spiro atoms. The van der Waals surface area contributed by atoms with Crippen molar-refractivity contribution in [1.29, 1.82) is 0 Å². The maximum atomic E-state index is 14.0. The van der Waals surface area contributed by atoms with E-state index in [4.69, 9.17) is 20.6 Å². The number of aromatic hydroxyl groups is 2. The second-order valence-corrected chi connectivity index (χ2v) is 11.0. The first-order chi connectivity index (χ1) is 20.1. The summed E-state index contributed by atoms with van der Waals surface area (Å²) in [6.07, 6.45) is 1.04. The van der Waals surface area contributed by atoms with Crippen LogP contribution in [0.5, 0.6) is 17.2 Å². The molecule has 10 heteroatoms. The molecule has 0 radical (unpaired) electrons. The third-order valence-electron chi connectivity index (χ3n) is 6.95. The lowest BCUT2D eigenvalue weighted by molar-refractivity contribution is -0.135. The standard InChI is InChI=1S/C32H31N3O6S/c1-3-20-14-23-27(15-26(20)41-32(39)25(34)13-19-6-10-22(37)11-7-19)40-30(24(33)12-18-4-8-21(36)9-5-18)28(29(23)38)31-35-17(2)16-42-31/h4-11,14-16,24-25,36-37H,3,12-13,33-34H2,1-2H3/t24-,25-/m1/s1. The van der Waals surface area contributed by atoms with Gasteiger partial charge in [-0.25, -0.2) is 9.78 Å². The van der Waals surface area contributed by atoms with Gasteiger partial charge in [-0.05, 0) is 73.2 Å². The van der Waals surface area contributed by atoms with E-state index in [0.29, 0.717) is 34.4 Å². The topological polar surface area (TPSA) is 162 Å². The van der Waals surface area contributed by atoms with Crippen LogP contribution in [0, 0.1) is 6.92 Å². The van der Waals surface area contributed by atoms with Crippen molar-refractivity contribution in [3.63, 3.8) is 0 Å². The number of phenols is 2. The number of hydrogen-bond donors (Lipinski definition) is 4. The summed E-state index contributed by atoms with van der Waals surface area (Å²) >= 11 is 1.33. The van der Waals surface area contributed by atoms with Crippen LogP contribution in [-0.4, -0.2) is 27.2 Å². The fourth-order valence-corrected chi connectivity index (χ4v) is 5.56. The van der Waals surface area contributed by atoms with Crippen molar-refractivity contribution in [2.75, 3.05) is 0 Å². The zero-order valence-corrected chi connectivity index (χ0v) is 24.0. The minimum atomic E-state index is -0.952. The van der Waals surface area contributed by atoms with Crippen LogP contribution in [-0.2, 0) is 24.1 Å². The summed E-state index contributed by atoms with van der Waals surface area (Å²) in [5, 5.41) is 21.8. The van der Waals surface area contributed by atoms with E-state index in [1.165, 1.54) is 29.5 Å². The van der Waals surface area contributed by atoms with E-state index in [0.717, 1.165) is 16.8 Å². The number of ether oxygens (including phenoxy) is 1. The van der Waals surface area contributed by atoms with Crippen LogP contribution in [0.3, 0.4) is 0 Å². The summed E-state index contributed by atoms with van der Waals surface area (Å²) in [5.74, 6) is 0.129. The lowest BCUT2D eigenvalue weighted by atomic mass is 9.99. The molecule has 6 N–H and O–H groups in total. The Labute approximate surface area is 246 Å². The van der Waals surface area contributed by atoms with Crippen molar-refractivity contribution in [2.45, 2.75) is 45.2 Å². The number of nitrogens with zero attached hydrogens (tertiary/aromatic N) is 1. The molecule has 0 bridgehead atoms. The molecule has 0 saturated carbocycles. The minimum Gasteiger partial charge on any atom is -0.508 e. The molecular weight excluding hydrogens is 554 g/mol. The molecule has 5 rings (SSSR count). The summed E-state index contributed by atoms with van der Waals surface area (Å²) in [7, 11) is 0. The molecule has 5 aromatic rings. The van der Waals surface area contributed by atoms with E-state index in [-0.39, 0.29) is 40.4 Å². The van der Waals surface area contributed by atoms with Gasteiger partial charge in [-0.15, -0.1) is 11.3 Å². The highest BCUT2D eigenvalue weighted by atomic mass is 32.1. The number of phenolic OH excluding ortho intramolecular Hbond substituents is 2. The summed E-state index contributed by atoms with van der Waals surface area (Å²) < 4.78 is 12.1. The number of aryl methyl sites for hydroxylation is 2. The molecule has 0 fully saturated rings. The lowest BCUT2D eigenvalue weighted by Gasteiger charge is -2.17. The predicted molar refractivity (Wildman–Crippen MR) is 162 cm³/mol. The van der Waals surface area contributed by atoms with Gasteiger partial charge in [-0.1, -0.05) is 31.2 Å². The number of esters is 1. The normalized spacial score (nSPS) is 12.8. The third-order valence-corrected chi connectivity index (χ3v) is 7.93. The van der Waals surface area contributed by atoms with Gasteiger partial charge in [0, 0.05) is 17.1 Å². The molecule has 0 amide bonds. The highest BCUT2D eigenvalue weighted by Crippen LogP contribution is 2.34. The van der Waals surface area contributed by atoms with Gasteiger partial charge in [-0.3, -0.25) is 4.79 Å². The molecule has 2 heterocycles. The number of fused-ring (bicyclic) bond motifs is 1. The maximum absolute atomic E-state index is 14.0. The third kappa shape index (κ3) is 6.20. The van der Waals surface area contributed by atoms with Crippen LogP contribution in [0.1, 0.15) is 41.1 Å². The highest BCUT2D eigenvalue weighted by molar-refractivity contribution is 7.13. The quantitative estimate of drug-likeness (QED) is 0.139. The van der Waals surface area contributed by atoms with E-state index in [1.54, 1.807) is 42.5 Å². The van der Waals surface area contributed by atoms with Crippen molar-refractivity contribution in [3.8, 4) is 27.8 Å². The fraction of sp³-hybridized carbons (Fsp3) is 0.219. The van der Waals surface area contributed by atoms with E-state index in [2.05, 4.69) is 4.98 Å². The largest absolute Gasteiger partial charge is 0.508 e. The van der Waals surface area contributed by atoms with Gasteiger partial charge in [0.2, 0.25) is 5.43 Å². The van der Waals surface area contributed by atoms with Crippen LogP contribution in [0.25, 0.3) is 21.5 Å². The Morgan fingerprint density at radius 1 is 1.00 bits per heavy atom. The summed E-state index contributed by atoms with van der Waals surface area (Å²) in [6.45, 7) is 3.74. The van der Waals surface area contributed by atoms with Crippen LogP contribution in [0.4, 0.5) is 0 Å². The number of carbonyl (C=O) groups is 1. The Bertz CT molecular complexity index is 1790. The average molecular weight is 586 g/mol. The van der Waals surface area contributed by atoms with Gasteiger partial charge in [-0.2, -0.15) is 0 Å². The second-order valence-electron chi connectivity index (χ2n) is 10.1.